The summed E-state index contributed by atoms with van der Waals surface area (Å²) in [6.07, 6.45) is 0. The van der Waals surface area contributed by atoms with E-state index < -0.39 is 10.0 Å². The second kappa shape index (κ2) is 6.23. The van der Waals surface area contributed by atoms with Gasteiger partial charge in [-0.05, 0) is 25.2 Å². The largest absolute Gasteiger partial charge is 0.324 e. The summed E-state index contributed by atoms with van der Waals surface area (Å²) in [5.41, 5.74) is 0.563. The number of guanidine groups is 1. The van der Waals surface area contributed by atoms with Crippen LogP contribution in [0.5, 0.6) is 0 Å². The number of fused-ring (bicyclic) bond motifs is 1. The molecule has 1 aromatic carbocycles. The van der Waals surface area contributed by atoms with Crippen molar-refractivity contribution in [2.24, 2.45) is 4.99 Å². The van der Waals surface area contributed by atoms with Gasteiger partial charge in [-0.2, -0.15) is 0 Å². The molecule has 1 aromatic rings. The number of hydrogen-bond donors (Lipinski definition) is 2. The van der Waals surface area contributed by atoms with Crippen molar-refractivity contribution in [2.45, 2.75) is 18.7 Å². The van der Waals surface area contributed by atoms with Gasteiger partial charge in [0.25, 0.3) is 10.0 Å². The van der Waals surface area contributed by atoms with Gasteiger partial charge in [0.15, 0.2) is 0 Å². The number of anilines is 1. The van der Waals surface area contributed by atoms with Crippen LogP contribution < -0.4 is 10.0 Å². The molecule has 0 aliphatic carbocycles. The summed E-state index contributed by atoms with van der Waals surface area (Å²) in [4.78, 5) is 6.77. The molecular weight excluding hydrogens is 276 g/mol. The van der Waals surface area contributed by atoms with E-state index in [4.69, 9.17) is 0 Å². The standard InChI is InChI=1S/C13H20N4O2S/c1-3-17(4-2)10-9-14-13-15-11-7-5-6-8-12(11)20(18,19)16-13/h5-8H,3-4,9-10H2,1-2H3,(H2,14,15,16). The van der Waals surface area contributed by atoms with Crippen molar-refractivity contribution in [1.82, 2.24) is 9.62 Å². The Bertz CT molecular complexity index is 594. The van der Waals surface area contributed by atoms with Gasteiger partial charge in [-0.3, -0.25) is 4.99 Å². The molecule has 0 saturated carbocycles. The van der Waals surface area contributed by atoms with Crippen LogP contribution in [0.4, 0.5) is 5.69 Å². The Kier molecular flexibility index (Phi) is 4.61. The highest BCUT2D eigenvalue weighted by atomic mass is 32.2. The van der Waals surface area contributed by atoms with Crippen molar-refractivity contribution < 1.29 is 8.42 Å². The normalized spacial score (nSPS) is 18.4. The monoisotopic (exact) mass is 296 g/mol. The zero-order chi connectivity index (χ0) is 14.6. The topological polar surface area (TPSA) is 73.8 Å². The number of nitrogens with zero attached hydrogens (tertiary/aromatic N) is 2. The SMILES string of the molecule is CCN(CC)CCN=C1Nc2ccccc2S(=O)(=O)N1. The van der Waals surface area contributed by atoms with Gasteiger partial charge in [0.1, 0.15) is 4.90 Å². The third-order valence-electron chi connectivity index (χ3n) is 3.24. The van der Waals surface area contributed by atoms with Crippen LogP contribution in [0.15, 0.2) is 34.2 Å². The second-order valence-corrected chi connectivity index (χ2v) is 6.13. The van der Waals surface area contributed by atoms with Gasteiger partial charge in [-0.25, -0.2) is 13.1 Å². The highest BCUT2D eigenvalue weighted by Gasteiger charge is 2.25. The molecule has 0 aromatic heterocycles. The molecule has 0 spiro atoms. The molecule has 0 fully saturated rings. The lowest BCUT2D eigenvalue weighted by molar-refractivity contribution is 0.313. The molecular formula is C13H20N4O2S. The molecule has 0 unspecified atom stereocenters. The average Bonchev–Trinajstić information content (AvgIpc) is 2.43. The zero-order valence-corrected chi connectivity index (χ0v) is 12.6. The quantitative estimate of drug-likeness (QED) is 0.853. The van der Waals surface area contributed by atoms with Crippen LogP contribution in [0.1, 0.15) is 13.8 Å². The van der Waals surface area contributed by atoms with Crippen LogP contribution in [-0.4, -0.2) is 45.5 Å². The third-order valence-corrected chi connectivity index (χ3v) is 4.64. The van der Waals surface area contributed by atoms with Gasteiger partial charge in [0.2, 0.25) is 5.96 Å². The van der Waals surface area contributed by atoms with Crippen LogP contribution in [0.25, 0.3) is 0 Å². The molecule has 0 atom stereocenters. The number of benzene rings is 1. The van der Waals surface area contributed by atoms with Crippen LogP contribution in [-0.2, 0) is 10.0 Å². The molecule has 0 bridgehead atoms. The van der Waals surface area contributed by atoms with Crippen molar-refractivity contribution in [3.05, 3.63) is 24.3 Å². The maximum absolute atomic E-state index is 12.1. The molecule has 20 heavy (non-hydrogen) atoms. The highest BCUT2D eigenvalue weighted by Crippen LogP contribution is 2.23. The number of para-hydroxylation sites is 1. The first-order chi connectivity index (χ1) is 9.56. The van der Waals surface area contributed by atoms with Crippen molar-refractivity contribution in [3.63, 3.8) is 0 Å². The van der Waals surface area contributed by atoms with E-state index in [1.54, 1.807) is 24.3 Å². The molecule has 0 amide bonds. The predicted molar refractivity (Wildman–Crippen MR) is 80.5 cm³/mol. The molecule has 1 aliphatic heterocycles. The second-order valence-electron chi connectivity index (χ2n) is 4.48. The number of aliphatic imine (C=N–C) groups is 1. The van der Waals surface area contributed by atoms with E-state index in [2.05, 4.69) is 33.8 Å². The summed E-state index contributed by atoms with van der Waals surface area (Å²) in [5, 5.41) is 3.00. The Hall–Kier alpha value is -1.60. The van der Waals surface area contributed by atoms with Crippen LogP contribution in [0.3, 0.4) is 0 Å². The Morgan fingerprint density at radius 1 is 1.20 bits per heavy atom. The lowest BCUT2D eigenvalue weighted by atomic mass is 10.3. The third kappa shape index (κ3) is 3.29. The van der Waals surface area contributed by atoms with E-state index in [-0.39, 0.29) is 10.9 Å². The molecule has 1 heterocycles. The van der Waals surface area contributed by atoms with Gasteiger partial charge in [0.05, 0.1) is 12.2 Å². The Balaban J connectivity index is 2.10. The molecule has 0 saturated heterocycles. The fraction of sp³-hybridized carbons (Fsp3) is 0.462. The average molecular weight is 296 g/mol. The molecule has 0 radical (unpaired) electrons. The molecule has 7 heteroatoms. The molecule has 6 nitrogen and oxygen atoms in total. The number of sulfonamides is 1. The number of rotatable bonds is 5. The predicted octanol–water partition coefficient (Wildman–Crippen LogP) is 1.09. The highest BCUT2D eigenvalue weighted by molar-refractivity contribution is 7.90. The van der Waals surface area contributed by atoms with Gasteiger partial charge >= 0.3 is 0 Å². The minimum absolute atomic E-state index is 0.252. The Labute approximate surface area is 119 Å². The lowest BCUT2D eigenvalue weighted by Crippen LogP contribution is -2.41. The molecule has 110 valence electrons. The fourth-order valence-corrected chi connectivity index (χ4v) is 3.20. The summed E-state index contributed by atoms with van der Waals surface area (Å²) in [6, 6.07) is 6.79. The van der Waals surface area contributed by atoms with Crippen molar-refractivity contribution in [2.75, 3.05) is 31.5 Å². The van der Waals surface area contributed by atoms with E-state index in [0.717, 1.165) is 19.6 Å². The summed E-state index contributed by atoms with van der Waals surface area (Å²) < 4.78 is 26.6. The van der Waals surface area contributed by atoms with E-state index in [1.807, 2.05) is 0 Å². The summed E-state index contributed by atoms with van der Waals surface area (Å²) in [6.45, 7) is 7.46. The fourth-order valence-electron chi connectivity index (χ4n) is 2.05. The van der Waals surface area contributed by atoms with Gasteiger partial charge in [-0.15, -0.1) is 0 Å². The summed E-state index contributed by atoms with van der Waals surface area (Å²) in [7, 11) is -3.51. The van der Waals surface area contributed by atoms with E-state index in [9.17, 15) is 8.42 Å². The first kappa shape index (κ1) is 14.8. The number of hydrogen-bond acceptors (Lipinski definition) is 4. The summed E-state index contributed by atoms with van der Waals surface area (Å²) >= 11 is 0. The Morgan fingerprint density at radius 2 is 1.90 bits per heavy atom. The van der Waals surface area contributed by atoms with Crippen molar-refractivity contribution in [1.29, 1.82) is 0 Å². The van der Waals surface area contributed by atoms with Gasteiger partial charge in [-0.1, -0.05) is 26.0 Å². The molecule has 2 N–H and O–H groups in total. The first-order valence-electron chi connectivity index (χ1n) is 6.72. The van der Waals surface area contributed by atoms with Gasteiger partial charge < -0.3 is 10.2 Å². The number of nitrogens with one attached hydrogen (secondary N) is 2. The van der Waals surface area contributed by atoms with E-state index in [1.165, 1.54) is 0 Å². The Morgan fingerprint density at radius 3 is 2.60 bits per heavy atom. The maximum atomic E-state index is 12.1. The maximum Gasteiger partial charge on any atom is 0.266 e. The smallest absolute Gasteiger partial charge is 0.266 e. The number of likely N-dealkylation sites (N-methyl/N-ethyl adjacent to an activating group) is 1. The summed E-state index contributed by atoms with van der Waals surface area (Å²) in [5.74, 6) is 0.288. The van der Waals surface area contributed by atoms with Crippen LogP contribution in [0.2, 0.25) is 0 Å². The van der Waals surface area contributed by atoms with Crippen molar-refractivity contribution >= 4 is 21.7 Å². The minimum Gasteiger partial charge on any atom is -0.324 e. The van der Waals surface area contributed by atoms with E-state index in [0.29, 0.717) is 12.2 Å². The van der Waals surface area contributed by atoms with E-state index >= 15 is 0 Å². The molecule has 1 aliphatic rings. The lowest BCUT2D eigenvalue weighted by Gasteiger charge is -2.22. The van der Waals surface area contributed by atoms with Crippen LogP contribution in [0, 0.1) is 0 Å². The zero-order valence-electron chi connectivity index (χ0n) is 11.8. The van der Waals surface area contributed by atoms with Crippen molar-refractivity contribution in [3.8, 4) is 0 Å². The first-order valence-corrected chi connectivity index (χ1v) is 8.20. The minimum atomic E-state index is -3.51. The van der Waals surface area contributed by atoms with Crippen LogP contribution >= 0.6 is 0 Å². The van der Waals surface area contributed by atoms with Gasteiger partial charge in [0, 0.05) is 6.54 Å². The molecule has 2 rings (SSSR count).